The molecule has 0 unspecified atom stereocenters. The van der Waals surface area contributed by atoms with Crippen LogP contribution in [0.4, 0.5) is 0 Å². The number of aryl methyl sites for hydroxylation is 1. The maximum Gasteiger partial charge on any atom is 0.272 e. The summed E-state index contributed by atoms with van der Waals surface area (Å²) in [6, 6.07) is 13.8. The number of rotatable bonds is 4. The van der Waals surface area contributed by atoms with Crippen molar-refractivity contribution < 1.29 is 4.79 Å². The lowest BCUT2D eigenvalue weighted by Crippen LogP contribution is -2.34. The normalized spacial score (nSPS) is 15.0. The van der Waals surface area contributed by atoms with E-state index in [9.17, 15) is 4.79 Å². The number of benzene rings is 1. The van der Waals surface area contributed by atoms with Gasteiger partial charge in [0.15, 0.2) is 0 Å². The van der Waals surface area contributed by atoms with E-state index in [1.807, 2.05) is 30.3 Å². The van der Waals surface area contributed by atoms with Gasteiger partial charge < -0.3 is 4.90 Å². The van der Waals surface area contributed by atoms with E-state index in [4.69, 9.17) is 4.98 Å². The molecule has 3 heterocycles. The van der Waals surface area contributed by atoms with Gasteiger partial charge in [-0.2, -0.15) is 5.10 Å². The minimum Gasteiger partial charge on any atom is -0.303 e. The molecule has 1 aromatic carbocycles. The SMILES string of the molecule is CCN1CCC(=NNC(=O)c2cc(-c3ccc(C)s3)nc3ccccc23)CC1. The Morgan fingerprint density at radius 2 is 2.00 bits per heavy atom. The van der Waals surface area contributed by atoms with Crippen molar-refractivity contribution >= 4 is 33.9 Å². The first kappa shape index (κ1) is 18.8. The fourth-order valence-corrected chi connectivity index (χ4v) is 4.32. The number of amides is 1. The molecule has 0 aliphatic carbocycles. The van der Waals surface area contributed by atoms with Gasteiger partial charge in [0.05, 0.1) is 21.7 Å². The smallest absolute Gasteiger partial charge is 0.272 e. The molecule has 0 bridgehead atoms. The molecule has 0 saturated carbocycles. The number of aromatic nitrogens is 1. The van der Waals surface area contributed by atoms with E-state index in [1.54, 1.807) is 11.3 Å². The summed E-state index contributed by atoms with van der Waals surface area (Å²) in [5.41, 5.74) is 6.10. The van der Waals surface area contributed by atoms with Crippen LogP contribution >= 0.6 is 11.3 Å². The van der Waals surface area contributed by atoms with Crippen LogP contribution in [0, 0.1) is 6.92 Å². The molecule has 1 N–H and O–H groups in total. The summed E-state index contributed by atoms with van der Waals surface area (Å²) in [5, 5.41) is 5.26. The fourth-order valence-electron chi connectivity index (χ4n) is 3.49. The quantitative estimate of drug-likeness (QED) is 0.666. The van der Waals surface area contributed by atoms with E-state index < -0.39 is 0 Å². The third-order valence-electron chi connectivity index (χ3n) is 5.15. The highest BCUT2D eigenvalue weighted by Crippen LogP contribution is 2.29. The first-order valence-electron chi connectivity index (χ1n) is 9.69. The first-order chi connectivity index (χ1) is 13.6. The molecule has 1 aliphatic heterocycles. The molecule has 144 valence electrons. The van der Waals surface area contributed by atoms with Gasteiger partial charge in [-0.3, -0.25) is 4.79 Å². The molecule has 28 heavy (non-hydrogen) atoms. The maximum atomic E-state index is 13.0. The number of hydrogen-bond donors (Lipinski definition) is 1. The zero-order valence-electron chi connectivity index (χ0n) is 16.2. The Morgan fingerprint density at radius 1 is 1.21 bits per heavy atom. The van der Waals surface area contributed by atoms with Gasteiger partial charge in [-0.25, -0.2) is 10.4 Å². The molecular weight excluding hydrogens is 368 g/mol. The van der Waals surface area contributed by atoms with Crippen LogP contribution in [0.15, 0.2) is 47.6 Å². The number of fused-ring (bicyclic) bond motifs is 1. The summed E-state index contributed by atoms with van der Waals surface area (Å²) in [6.45, 7) is 7.32. The van der Waals surface area contributed by atoms with E-state index in [2.05, 4.69) is 41.4 Å². The van der Waals surface area contributed by atoms with Gasteiger partial charge in [-0.15, -0.1) is 11.3 Å². The van der Waals surface area contributed by atoms with E-state index >= 15 is 0 Å². The second kappa shape index (κ2) is 8.20. The number of likely N-dealkylation sites (tertiary alicyclic amines) is 1. The highest BCUT2D eigenvalue weighted by atomic mass is 32.1. The molecule has 1 amide bonds. The Bertz CT molecular complexity index is 1030. The third kappa shape index (κ3) is 3.98. The van der Waals surface area contributed by atoms with Crippen LogP contribution < -0.4 is 5.43 Å². The average molecular weight is 393 g/mol. The van der Waals surface area contributed by atoms with E-state index in [1.165, 1.54) is 4.88 Å². The highest BCUT2D eigenvalue weighted by molar-refractivity contribution is 7.15. The van der Waals surface area contributed by atoms with Crippen molar-refractivity contribution in [1.82, 2.24) is 15.3 Å². The molecule has 0 spiro atoms. The molecule has 1 saturated heterocycles. The van der Waals surface area contributed by atoms with Crippen molar-refractivity contribution in [3.8, 4) is 10.6 Å². The number of hydrazone groups is 1. The van der Waals surface area contributed by atoms with Gasteiger partial charge in [0.25, 0.3) is 5.91 Å². The summed E-state index contributed by atoms with van der Waals surface area (Å²) in [6.07, 6.45) is 1.82. The number of pyridine rings is 1. The zero-order valence-corrected chi connectivity index (χ0v) is 17.1. The van der Waals surface area contributed by atoms with Gasteiger partial charge in [-0.1, -0.05) is 25.1 Å². The zero-order chi connectivity index (χ0) is 19.5. The Balaban J connectivity index is 1.62. The van der Waals surface area contributed by atoms with E-state index in [0.29, 0.717) is 5.56 Å². The summed E-state index contributed by atoms with van der Waals surface area (Å²) in [4.78, 5) is 22.4. The van der Waals surface area contributed by atoms with Crippen molar-refractivity contribution in [1.29, 1.82) is 0 Å². The van der Waals surface area contributed by atoms with Gasteiger partial charge in [-0.05, 0) is 37.7 Å². The van der Waals surface area contributed by atoms with Crippen molar-refractivity contribution in [2.75, 3.05) is 19.6 Å². The van der Waals surface area contributed by atoms with Crippen molar-refractivity contribution in [3.63, 3.8) is 0 Å². The van der Waals surface area contributed by atoms with Crippen LogP contribution in [-0.4, -0.2) is 41.1 Å². The first-order valence-corrected chi connectivity index (χ1v) is 10.5. The molecule has 0 radical (unpaired) electrons. The average Bonchev–Trinajstić information content (AvgIpc) is 3.18. The fraction of sp³-hybridized carbons (Fsp3) is 0.318. The van der Waals surface area contributed by atoms with Gasteiger partial charge >= 0.3 is 0 Å². The molecule has 1 aliphatic rings. The second-order valence-corrected chi connectivity index (χ2v) is 8.32. The van der Waals surface area contributed by atoms with Crippen LogP contribution in [-0.2, 0) is 0 Å². The van der Waals surface area contributed by atoms with Crippen molar-refractivity contribution in [2.45, 2.75) is 26.7 Å². The monoisotopic (exact) mass is 392 g/mol. The van der Waals surface area contributed by atoms with Crippen molar-refractivity contribution in [3.05, 3.63) is 52.9 Å². The predicted octanol–water partition coefficient (Wildman–Crippen LogP) is 4.47. The highest BCUT2D eigenvalue weighted by Gasteiger charge is 2.16. The Labute approximate surface area is 169 Å². The standard InChI is InChI=1S/C22H24N4OS/c1-3-26-12-10-16(11-13-26)24-25-22(27)18-14-20(21-9-8-15(2)28-21)23-19-7-5-4-6-17(18)19/h4-9,14H,3,10-13H2,1-2H3,(H,25,27). The number of carbonyl (C=O) groups is 1. The summed E-state index contributed by atoms with van der Waals surface area (Å²) in [5.74, 6) is -0.182. The number of thiophene rings is 1. The van der Waals surface area contributed by atoms with Gasteiger partial charge in [0, 0.05) is 41.9 Å². The van der Waals surface area contributed by atoms with Crippen LogP contribution in [0.25, 0.3) is 21.5 Å². The predicted molar refractivity (Wildman–Crippen MR) is 116 cm³/mol. The van der Waals surface area contributed by atoms with Crippen LogP contribution in [0.5, 0.6) is 0 Å². The number of para-hydroxylation sites is 1. The number of nitrogens with one attached hydrogen (secondary N) is 1. The Hall–Kier alpha value is -2.57. The minimum absolute atomic E-state index is 0.182. The Kier molecular flexibility index (Phi) is 5.50. The summed E-state index contributed by atoms with van der Waals surface area (Å²) in [7, 11) is 0. The molecule has 0 atom stereocenters. The molecule has 5 nitrogen and oxygen atoms in total. The van der Waals surface area contributed by atoms with E-state index in [0.717, 1.165) is 59.7 Å². The number of nitrogens with zero attached hydrogens (tertiary/aromatic N) is 3. The van der Waals surface area contributed by atoms with Crippen LogP contribution in [0.1, 0.15) is 35.0 Å². The Morgan fingerprint density at radius 3 is 2.71 bits per heavy atom. The second-order valence-electron chi connectivity index (χ2n) is 7.04. The molecule has 3 aromatic rings. The third-order valence-corrected chi connectivity index (χ3v) is 6.17. The lowest BCUT2D eigenvalue weighted by Gasteiger charge is -2.25. The number of piperidine rings is 1. The largest absolute Gasteiger partial charge is 0.303 e. The molecule has 2 aromatic heterocycles. The minimum atomic E-state index is -0.182. The summed E-state index contributed by atoms with van der Waals surface area (Å²) >= 11 is 1.68. The van der Waals surface area contributed by atoms with Crippen LogP contribution in [0.2, 0.25) is 0 Å². The van der Waals surface area contributed by atoms with Gasteiger partial charge in [0.2, 0.25) is 0 Å². The molecule has 1 fully saturated rings. The van der Waals surface area contributed by atoms with E-state index in [-0.39, 0.29) is 5.91 Å². The number of carbonyl (C=O) groups excluding carboxylic acids is 1. The molecule has 6 heteroatoms. The maximum absolute atomic E-state index is 13.0. The topological polar surface area (TPSA) is 57.6 Å². The molecule has 4 rings (SSSR count). The lowest BCUT2D eigenvalue weighted by molar-refractivity contribution is 0.0956. The van der Waals surface area contributed by atoms with Crippen LogP contribution in [0.3, 0.4) is 0 Å². The van der Waals surface area contributed by atoms with Gasteiger partial charge in [0.1, 0.15) is 0 Å². The number of hydrogen-bond acceptors (Lipinski definition) is 5. The summed E-state index contributed by atoms with van der Waals surface area (Å²) < 4.78 is 0. The van der Waals surface area contributed by atoms with Crippen molar-refractivity contribution in [2.24, 2.45) is 5.10 Å². The lowest BCUT2D eigenvalue weighted by atomic mass is 10.1. The molecular formula is C22H24N4OS.